The van der Waals surface area contributed by atoms with E-state index in [1.165, 1.54) is 4.68 Å². The van der Waals surface area contributed by atoms with E-state index in [9.17, 15) is 9.59 Å². The largest absolute Gasteiger partial charge is 0.461 e. The molecule has 0 amide bonds. The highest BCUT2D eigenvalue weighted by Crippen LogP contribution is 2.20. The molecule has 0 atom stereocenters. The molecule has 24 heavy (non-hydrogen) atoms. The van der Waals surface area contributed by atoms with Gasteiger partial charge in [0.2, 0.25) is 0 Å². The summed E-state index contributed by atoms with van der Waals surface area (Å²) in [6.07, 6.45) is 0. The first-order chi connectivity index (χ1) is 11.6. The zero-order valence-corrected chi connectivity index (χ0v) is 13.8. The number of benzene rings is 2. The molecule has 0 spiro atoms. The first-order valence-electron chi connectivity index (χ1n) is 7.51. The summed E-state index contributed by atoms with van der Waals surface area (Å²) in [4.78, 5) is 24.9. The van der Waals surface area contributed by atoms with E-state index in [0.29, 0.717) is 15.8 Å². The Labute approximate surface area is 143 Å². The maximum Gasteiger partial charge on any atom is 0.359 e. The number of esters is 1. The number of carbonyl (C=O) groups is 1. The van der Waals surface area contributed by atoms with Crippen LogP contribution in [0, 0.1) is 0 Å². The van der Waals surface area contributed by atoms with Crippen molar-refractivity contribution in [3.8, 4) is 0 Å². The van der Waals surface area contributed by atoms with E-state index in [4.69, 9.17) is 16.3 Å². The van der Waals surface area contributed by atoms with E-state index in [0.717, 1.165) is 5.56 Å². The fraction of sp³-hybridized carbons (Fsp3) is 0.167. The number of ether oxygens (including phenoxy) is 1. The van der Waals surface area contributed by atoms with Crippen LogP contribution in [0.3, 0.4) is 0 Å². The van der Waals surface area contributed by atoms with Gasteiger partial charge in [-0.15, -0.1) is 0 Å². The topological polar surface area (TPSA) is 61.2 Å². The van der Waals surface area contributed by atoms with Gasteiger partial charge < -0.3 is 4.74 Å². The molecule has 1 aromatic heterocycles. The van der Waals surface area contributed by atoms with Gasteiger partial charge in [0.15, 0.2) is 5.69 Å². The van der Waals surface area contributed by atoms with Gasteiger partial charge in [-0.3, -0.25) is 4.79 Å². The highest BCUT2D eigenvalue weighted by atomic mass is 35.5. The van der Waals surface area contributed by atoms with Gasteiger partial charge >= 0.3 is 5.97 Å². The molecule has 5 nitrogen and oxygen atoms in total. The molecule has 0 aliphatic rings. The summed E-state index contributed by atoms with van der Waals surface area (Å²) in [6.45, 7) is 2.21. The lowest BCUT2D eigenvalue weighted by atomic mass is 10.1. The molecular weight excluding hydrogens is 328 g/mol. The molecule has 0 fully saturated rings. The molecular formula is C18H15ClN2O3. The smallest absolute Gasteiger partial charge is 0.359 e. The summed E-state index contributed by atoms with van der Waals surface area (Å²) >= 11 is 6.01. The summed E-state index contributed by atoms with van der Waals surface area (Å²) in [7, 11) is 0. The minimum atomic E-state index is -0.577. The van der Waals surface area contributed by atoms with Gasteiger partial charge in [0.1, 0.15) is 0 Å². The molecule has 0 radical (unpaired) electrons. The van der Waals surface area contributed by atoms with Gasteiger partial charge in [-0.05, 0) is 30.7 Å². The van der Waals surface area contributed by atoms with Crippen LogP contribution in [0.4, 0.5) is 0 Å². The van der Waals surface area contributed by atoms with Crippen molar-refractivity contribution in [3.63, 3.8) is 0 Å². The van der Waals surface area contributed by atoms with E-state index in [-0.39, 0.29) is 24.4 Å². The third-order valence-electron chi connectivity index (χ3n) is 3.57. The van der Waals surface area contributed by atoms with Crippen LogP contribution in [0.5, 0.6) is 0 Å². The molecule has 0 N–H and O–H groups in total. The monoisotopic (exact) mass is 342 g/mol. The van der Waals surface area contributed by atoms with Crippen molar-refractivity contribution in [1.29, 1.82) is 0 Å². The lowest BCUT2D eigenvalue weighted by Gasteiger charge is -2.11. The van der Waals surface area contributed by atoms with Crippen LogP contribution in [-0.4, -0.2) is 22.4 Å². The van der Waals surface area contributed by atoms with E-state index < -0.39 is 5.97 Å². The number of aromatic nitrogens is 2. The molecule has 1 heterocycles. The fourth-order valence-electron chi connectivity index (χ4n) is 2.47. The maximum atomic E-state index is 12.7. The van der Waals surface area contributed by atoms with Crippen LogP contribution in [-0.2, 0) is 11.3 Å². The molecule has 0 saturated carbocycles. The van der Waals surface area contributed by atoms with Crippen LogP contribution in [0.25, 0.3) is 10.8 Å². The van der Waals surface area contributed by atoms with Crippen LogP contribution in [0.1, 0.15) is 23.0 Å². The second kappa shape index (κ2) is 6.84. The van der Waals surface area contributed by atoms with Gasteiger partial charge in [0.05, 0.1) is 18.5 Å². The lowest BCUT2D eigenvalue weighted by molar-refractivity contribution is 0.0519. The first-order valence-corrected chi connectivity index (χ1v) is 7.89. The molecule has 3 rings (SSSR count). The quantitative estimate of drug-likeness (QED) is 0.683. The predicted molar refractivity (Wildman–Crippen MR) is 92.5 cm³/mol. The third-order valence-corrected chi connectivity index (χ3v) is 3.80. The fourth-order valence-corrected chi connectivity index (χ4v) is 2.64. The van der Waals surface area contributed by atoms with Gasteiger partial charge in [0, 0.05) is 10.4 Å². The van der Waals surface area contributed by atoms with Crippen molar-refractivity contribution in [3.05, 3.63) is 75.2 Å². The average Bonchev–Trinajstić information content (AvgIpc) is 2.58. The van der Waals surface area contributed by atoms with Crippen molar-refractivity contribution >= 4 is 28.3 Å². The Bertz CT molecular complexity index is 952. The Kier molecular flexibility index (Phi) is 4.62. The second-order valence-electron chi connectivity index (χ2n) is 5.21. The average molecular weight is 343 g/mol. The van der Waals surface area contributed by atoms with Crippen LogP contribution in [0.2, 0.25) is 5.02 Å². The Balaban J connectivity index is 2.20. The van der Waals surface area contributed by atoms with Crippen molar-refractivity contribution in [2.45, 2.75) is 13.5 Å². The standard InChI is InChI=1S/C18H15ClN2O3/c1-2-24-18(23)16-15-10-13(19)8-9-14(15)17(22)21(20-16)11-12-6-4-3-5-7-12/h3-10H,2,11H2,1H3. The number of hydrogen-bond donors (Lipinski definition) is 0. The summed E-state index contributed by atoms with van der Waals surface area (Å²) in [5.74, 6) is -0.577. The summed E-state index contributed by atoms with van der Waals surface area (Å²) in [6, 6.07) is 14.2. The zero-order valence-electron chi connectivity index (χ0n) is 13.0. The van der Waals surface area contributed by atoms with Gasteiger partial charge in [-0.2, -0.15) is 5.10 Å². The first kappa shape index (κ1) is 16.2. The minimum Gasteiger partial charge on any atom is -0.461 e. The highest BCUT2D eigenvalue weighted by molar-refractivity contribution is 6.31. The van der Waals surface area contributed by atoms with Crippen LogP contribution in [0.15, 0.2) is 53.3 Å². The SMILES string of the molecule is CCOC(=O)c1nn(Cc2ccccc2)c(=O)c2ccc(Cl)cc12. The summed E-state index contributed by atoms with van der Waals surface area (Å²) < 4.78 is 6.34. The summed E-state index contributed by atoms with van der Waals surface area (Å²) in [5.41, 5.74) is 0.721. The second-order valence-corrected chi connectivity index (χ2v) is 5.64. The zero-order chi connectivity index (χ0) is 17.1. The Morgan fingerprint density at radius 2 is 1.92 bits per heavy atom. The highest BCUT2D eigenvalue weighted by Gasteiger charge is 2.18. The number of nitrogens with zero attached hydrogens (tertiary/aromatic N) is 2. The number of rotatable bonds is 4. The molecule has 0 bridgehead atoms. The van der Waals surface area contributed by atoms with Crippen molar-refractivity contribution in [2.24, 2.45) is 0 Å². The molecule has 0 unspecified atom stereocenters. The van der Waals surface area contributed by atoms with E-state index in [2.05, 4.69) is 5.10 Å². The van der Waals surface area contributed by atoms with Crippen LogP contribution < -0.4 is 5.56 Å². The maximum absolute atomic E-state index is 12.7. The Morgan fingerprint density at radius 1 is 1.17 bits per heavy atom. The van der Waals surface area contributed by atoms with E-state index in [1.807, 2.05) is 30.3 Å². The number of fused-ring (bicyclic) bond motifs is 1. The normalized spacial score (nSPS) is 10.8. The van der Waals surface area contributed by atoms with Gasteiger partial charge in [-0.1, -0.05) is 41.9 Å². The molecule has 0 saturated heterocycles. The Morgan fingerprint density at radius 3 is 2.62 bits per heavy atom. The van der Waals surface area contributed by atoms with Crippen molar-refractivity contribution in [2.75, 3.05) is 6.61 Å². The van der Waals surface area contributed by atoms with Gasteiger partial charge in [-0.25, -0.2) is 9.48 Å². The predicted octanol–water partition coefficient (Wildman–Crippen LogP) is 3.27. The van der Waals surface area contributed by atoms with Crippen molar-refractivity contribution < 1.29 is 9.53 Å². The Hall–Kier alpha value is -2.66. The third kappa shape index (κ3) is 3.16. The van der Waals surface area contributed by atoms with Crippen LogP contribution >= 0.6 is 11.6 Å². The molecule has 122 valence electrons. The lowest BCUT2D eigenvalue weighted by Crippen LogP contribution is -2.27. The number of hydrogen-bond acceptors (Lipinski definition) is 4. The van der Waals surface area contributed by atoms with Gasteiger partial charge in [0.25, 0.3) is 5.56 Å². The molecule has 0 aliphatic carbocycles. The molecule has 3 aromatic rings. The van der Waals surface area contributed by atoms with Crippen molar-refractivity contribution in [1.82, 2.24) is 9.78 Å². The molecule has 6 heteroatoms. The molecule has 0 aliphatic heterocycles. The summed E-state index contributed by atoms with van der Waals surface area (Å²) in [5, 5.41) is 5.43. The minimum absolute atomic E-state index is 0.0879. The number of halogens is 1. The number of carbonyl (C=O) groups excluding carboxylic acids is 1. The van der Waals surface area contributed by atoms with E-state index in [1.54, 1.807) is 25.1 Å². The molecule has 2 aromatic carbocycles. The van der Waals surface area contributed by atoms with E-state index >= 15 is 0 Å².